The lowest BCUT2D eigenvalue weighted by Crippen LogP contribution is -2.45. The Balaban J connectivity index is 1.73. The van der Waals surface area contributed by atoms with Crippen LogP contribution in [0.3, 0.4) is 0 Å². The Morgan fingerprint density at radius 3 is 2.52 bits per heavy atom. The first-order chi connectivity index (χ1) is 9.99. The van der Waals surface area contributed by atoms with E-state index in [4.69, 9.17) is 9.84 Å². The molecule has 2 fully saturated rings. The summed E-state index contributed by atoms with van der Waals surface area (Å²) in [5.41, 5.74) is 0. The quantitative estimate of drug-likeness (QED) is 0.753. The summed E-state index contributed by atoms with van der Waals surface area (Å²) in [6.07, 6.45) is 5.66. The average molecular weight is 320 g/mol. The first-order valence-electron chi connectivity index (χ1n) is 7.89. The molecule has 1 N–H and O–H groups in total. The number of aliphatic hydroxyl groups excluding tert-OH is 1. The Morgan fingerprint density at radius 1 is 1.19 bits per heavy atom. The van der Waals surface area contributed by atoms with Crippen molar-refractivity contribution in [2.45, 2.75) is 31.8 Å². The Hall–Kier alpha value is -0.210. The van der Waals surface area contributed by atoms with Gasteiger partial charge in [-0.15, -0.1) is 0 Å². The summed E-state index contributed by atoms with van der Waals surface area (Å²) in [6, 6.07) is 0. The summed E-state index contributed by atoms with van der Waals surface area (Å²) >= 11 is 0. The Labute approximate surface area is 128 Å². The molecule has 0 saturated carbocycles. The van der Waals surface area contributed by atoms with Gasteiger partial charge in [0, 0.05) is 32.7 Å². The van der Waals surface area contributed by atoms with Crippen LogP contribution < -0.4 is 0 Å². The lowest BCUT2D eigenvalue weighted by atomic mass is 9.97. The highest BCUT2D eigenvalue weighted by atomic mass is 32.2. The van der Waals surface area contributed by atoms with Crippen molar-refractivity contribution >= 4 is 10.0 Å². The summed E-state index contributed by atoms with van der Waals surface area (Å²) in [5.74, 6) is 0.448. The molecule has 0 aromatic rings. The first kappa shape index (κ1) is 17.1. The second-order valence-electron chi connectivity index (χ2n) is 6.22. The van der Waals surface area contributed by atoms with E-state index >= 15 is 0 Å². The highest BCUT2D eigenvalue weighted by molar-refractivity contribution is 7.88. The number of hydrogen-bond donors (Lipinski definition) is 1. The van der Waals surface area contributed by atoms with E-state index in [-0.39, 0.29) is 12.7 Å². The third-order valence-corrected chi connectivity index (χ3v) is 5.72. The summed E-state index contributed by atoms with van der Waals surface area (Å²) in [4.78, 5) is 2.43. The maximum Gasteiger partial charge on any atom is 0.211 e. The maximum absolute atomic E-state index is 11.6. The van der Waals surface area contributed by atoms with Crippen LogP contribution in [0.25, 0.3) is 0 Å². The van der Waals surface area contributed by atoms with E-state index < -0.39 is 10.0 Å². The van der Waals surface area contributed by atoms with Crippen molar-refractivity contribution in [3.8, 4) is 0 Å². The molecule has 6 nitrogen and oxygen atoms in total. The van der Waals surface area contributed by atoms with Gasteiger partial charge in [-0.1, -0.05) is 0 Å². The van der Waals surface area contributed by atoms with Gasteiger partial charge in [0.05, 0.1) is 25.6 Å². The third-order valence-electron chi connectivity index (χ3n) is 4.45. The van der Waals surface area contributed by atoms with Crippen molar-refractivity contribution in [2.24, 2.45) is 5.92 Å². The largest absolute Gasteiger partial charge is 0.394 e. The highest BCUT2D eigenvalue weighted by Crippen LogP contribution is 2.22. The van der Waals surface area contributed by atoms with Gasteiger partial charge in [0.15, 0.2) is 0 Å². The zero-order valence-electron chi connectivity index (χ0n) is 12.9. The number of rotatable bonds is 6. The molecule has 2 rings (SSSR count). The summed E-state index contributed by atoms with van der Waals surface area (Å²) in [6.45, 7) is 4.85. The zero-order chi connectivity index (χ0) is 15.3. The Kier molecular flexibility index (Phi) is 6.43. The molecule has 7 heteroatoms. The number of likely N-dealkylation sites (tertiary alicyclic amines) is 1. The number of ether oxygens (including phenoxy) is 1. The second-order valence-corrected chi connectivity index (χ2v) is 8.21. The van der Waals surface area contributed by atoms with Crippen LogP contribution >= 0.6 is 0 Å². The van der Waals surface area contributed by atoms with Crippen LogP contribution in [-0.4, -0.2) is 81.0 Å². The van der Waals surface area contributed by atoms with E-state index in [9.17, 15) is 8.42 Å². The number of aliphatic hydroxyl groups is 1. The molecule has 0 aromatic heterocycles. The standard InChI is InChI=1S/C14H28N2O4S/c1-21(18,19)16-6-2-3-13(12-16)11-15-7-4-14(5-8-15)20-10-9-17/h13-14,17H,2-12H2,1H3. The molecule has 2 aliphatic heterocycles. The minimum absolute atomic E-state index is 0.0869. The third kappa shape index (κ3) is 5.49. The van der Waals surface area contributed by atoms with E-state index in [2.05, 4.69) is 4.90 Å². The van der Waals surface area contributed by atoms with Crippen LogP contribution in [0.2, 0.25) is 0 Å². The number of sulfonamides is 1. The maximum atomic E-state index is 11.6. The monoisotopic (exact) mass is 320 g/mol. The summed E-state index contributed by atoms with van der Waals surface area (Å²) in [7, 11) is -3.05. The van der Waals surface area contributed by atoms with Gasteiger partial charge in [-0.05, 0) is 31.6 Å². The molecule has 0 bridgehead atoms. The van der Waals surface area contributed by atoms with E-state index in [0.29, 0.717) is 25.6 Å². The number of hydrogen-bond acceptors (Lipinski definition) is 5. The van der Waals surface area contributed by atoms with Crippen molar-refractivity contribution in [1.82, 2.24) is 9.21 Å². The molecular formula is C14H28N2O4S. The van der Waals surface area contributed by atoms with Gasteiger partial charge in [0.1, 0.15) is 0 Å². The van der Waals surface area contributed by atoms with Crippen molar-refractivity contribution in [2.75, 3.05) is 52.2 Å². The predicted molar refractivity (Wildman–Crippen MR) is 81.6 cm³/mol. The SMILES string of the molecule is CS(=O)(=O)N1CCCC(CN2CCC(OCCO)CC2)C1. The number of nitrogens with zero attached hydrogens (tertiary/aromatic N) is 2. The molecule has 0 radical (unpaired) electrons. The van der Waals surface area contributed by atoms with E-state index in [1.165, 1.54) is 6.26 Å². The molecule has 21 heavy (non-hydrogen) atoms. The molecule has 2 heterocycles. The number of piperidine rings is 2. The van der Waals surface area contributed by atoms with Crippen LogP contribution in [0.5, 0.6) is 0 Å². The minimum Gasteiger partial charge on any atom is -0.394 e. The van der Waals surface area contributed by atoms with Crippen LogP contribution in [-0.2, 0) is 14.8 Å². The van der Waals surface area contributed by atoms with Gasteiger partial charge in [-0.25, -0.2) is 12.7 Å². The van der Waals surface area contributed by atoms with Crippen LogP contribution in [0.4, 0.5) is 0 Å². The highest BCUT2D eigenvalue weighted by Gasteiger charge is 2.28. The fourth-order valence-electron chi connectivity index (χ4n) is 3.32. The van der Waals surface area contributed by atoms with Crippen LogP contribution in [0, 0.1) is 5.92 Å². The Morgan fingerprint density at radius 2 is 1.90 bits per heavy atom. The topological polar surface area (TPSA) is 70.1 Å². The average Bonchev–Trinajstić information content (AvgIpc) is 2.46. The van der Waals surface area contributed by atoms with E-state index in [1.807, 2.05) is 0 Å². The molecule has 2 aliphatic rings. The molecule has 2 saturated heterocycles. The molecule has 0 spiro atoms. The first-order valence-corrected chi connectivity index (χ1v) is 9.74. The lowest BCUT2D eigenvalue weighted by Gasteiger charge is -2.37. The van der Waals surface area contributed by atoms with Crippen LogP contribution in [0.1, 0.15) is 25.7 Å². The molecule has 1 unspecified atom stereocenters. The van der Waals surface area contributed by atoms with Crippen molar-refractivity contribution in [3.63, 3.8) is 0 Å². The minimum atomic E-state index is -3.05. The van der Waals surface area contributed by atoms with Gasteiger partial charge >= 0.3 is 0 Å². The fourth-order valence-corrected chi connectivity index (χ4v) is 4.26. The van der Waals surface area contributed by atoms with Crippen molar-refractivity contribution < 1.29 is 18.3 Å². The zero-order valence-corrected chi connectivity index (χ0v) is 13.7. The fraction of sp³-hybridized carbons (Fsp3) is 1.00. The molecule has 0 amide bonds. The molecule has 0 aromatic carbocycles. The lowest BCUT2D eigenvalue weighted by molar-refractivity contribution is -0.0110. The smallest absolute Gasteiger partial charge is 0.211 e. The van der Waals surface area contributed by atoms with Crippen molar-refractivity contribution in [3.05, 3.63) is 0 Å². The van der Waals surface area contributed by atoms with E-state index in [1.54, 1.807) is 4.31 Å². The molecule has 124 valence electrons. The molecular weight excluding hydrogens is 292 g/mol. The second kappa shape index (κ2) is 7.87. The predicted octanol–water partition coefficient (Wildman–Crippen LogP) is 0.131. The van der Waals surface area contributed by atoms with Crippen molar-refractivity contribution in [1.29, 1.82) is 0 Å². The van der Waals surface area contributed by atoms with Gasteiger partial charge in [-0.2, -0.15) is 0 Å². The van der Waals surface area contributed by atoms with Gasteiger partial charge in [0.2, 0.25) is 10.0 Å². The Bertz CT molecular complexity index is 407. The summed E-state index contributed by atoms with van der Waals surface area (Å²) < 4.78 is 30.5. The normalized spacial score (nSPS) is 27.0. The molecule has 0 aliphatic carbocycles. The van der Waals surface area contributed by atoms with Gasteiger partial charge in [-0.3, -0.25) is 0 Å². The van der Waals surface area contributed by atoms with Gasteiger partial charge in [0.25, 0.3) is 0 Å². The summed E-state index contributed by atoms with van der Waals surface area (Å²) in [5, 5.41) is 8.77. The molecule has 1 atom stereocenters. The van der Waals surface area contributed by atoms with Gasteiger partial charge < -0.3 is 14.7 Å². The van der Waals surface area contributed by atoms with E-state index in [0.717, 1.165) is 45.3 Å². The van der Waals surface area contributed by atoms with Crippen LogP contribution in [0.15, 0.2) is 0 Å².